The Kier molecular flexibility index (Phi) is 4.88. The van der Waals surface area contributed by atoms with Crippen LogP contribution in [0.15, 0.2) is 43.0 Å². The van der Waals surface area contributed by atoms with Gasteiger partial charge in [0.05, 0.1) is 12.8 Å². The van der Waals surface area contributed by atoms with E-state index in [1.807, 2.05) is 30.2 Å². The second kappa shape index (κ2) is 7.63. The van der Waals surface area contributed by atoms with Gasteiger partial charge in [-0.15, -0.1) is 0 Å². The first kappa shape index (κ1) is 17.9. The van der Waals surface area contributed by atoms with Crippen LogP contribution >= 0.6 is 0 Å². The summed E-state index contributed by atoms with van der Waals surface area (Å²) in [6.07, 6.45) is 5.03. The summed E-state index contributed by atoms with van der Waals surface area (Å²) in [5.41, 5.74) is 1.41. The van der Waals surface area contributed by atoms with Crippen LogP contribution in [0.2, 0.25) is 0 Å². The molecule has 9 nitrogen and oxygen atoms in total. The molecule has 4 rings (SSSR count). The van der Waals surface area contributed by atoms with Crippen LogP contribution in [-0.2, 0) is 0 Å². The summed E-state index contributed by atoms with van der Waals surface area (Å²) in [4.78, 5) is 29.6. The lowest BCUT2D eigenvalue weighted by Crippen LogP contribution is -2.49. The quantitative estimate of drug-likeness (QED) is 0.676. The molecule has 9 heteroatoms. The van der Waals surface area contributed by atoms with Gasteiger partial charge in [0, 0.05) is 44.6 Å². The van der Waals surface area contributed by atoms with Crippen LogP contribution in [0.3, 0.4) is 0 Å². The molecule has 1 amide bonds. The Bertz CT molecular complexity index is 980. The number of piperazine rings is 1. The molecule has 1 aliphatic heterocycles. The summed E-state index contributed by atoms with van der Waals surface area (Å²) < 4.78 is 6.94. The summed E-state index contributed by atoms with van der Waals surface area (Å²) in [7, 11) is 1.52. The number of nitrogens with zero attached hydrogens (tertiary/aromatic N) is 7. The van der Waals surface area contributed by atoms with E-state index in [0.29, 0.717) is 37.6 Å². The van der Waals surface area contributed by atoms with Crippen LogP contribution in [0, 0.1) is 6.92 Å². The number of hydrogen-bond acceptors (Lipinski definition) is 7. The molecule has 0 bridgehead atoms. The Labute approximate surface area is 162 Å². The molecular formula is C19H21N7O2. The maximum absolute atomic E-state index is 12.8. The minimum Gasteiger partial charge on any atom is -0.480 e. The lowest BCUT2D eigenvalue weighted by Gasteiger charge is -2.35. The molecule has 0 atom stereocenters. The van der Waals surface area contributed by atoms with Gasteiger partial charge in [-0.05, 0) is 25.1 Å². The zero-order chi connectivity index (χ0) is 19.5. The summed E-state index contributed by atoms with van der Waals surface area (Å²) in [5.74, 6) is 1.82. The van der Waals surface area contributed by atoms with Gasteiger partial charge in [0.25, 0.3) is 5.91 Å². The molecule has 1 aliphatic rings. The lowest BCUT2D eigenvalue weighted by molar-refractivity contribution is 0.0742. The van der Waals surface area contributed by atoms with Crippen molar-refractivity contribution in [2.75, 3.05) is 38.2 Å². The first-order valence-corrected chi connectivity index (χ1v) is 9.03. The first-order valence-electron chi connectivity index (χ1n) is 9.03. The number of methoxy groups -OCH3 is 1. The van der Waals surface area contributed by atoms with Gasteiger partial charge < -0.3 is 14.5 Å². The molecule has 0 radical (unpaired) electrons. The average Bonchev–Trinajstić information content (AvgIpc) is 3.20. The topological polar surface area (TPSA) is 89.3 Å². The maximum Gasteiger partial charge on any atom is 0.259 e. The number of aromatic nitrogens is 5. The highest BCUT2D eigenvalue weighted by Crippen LogP contribution is 2.20. The second-order valence-electron chi connectivity index (χ2n) is 6.48. The number of hydrogen-bond donors (Lipinski definition) is 0. The van der Waals surface area contributed by atoms with E-state index < -0.39 is 0 Å². The number of anilines is 1. The summed E-state index contributed by atoms with van der Waals surface area (Å²) in [6.45, 7) is 4.49. The number of pyridine rings is 1. The van der Waals surface area contributed by atoms with Crippen molar-refractivity contribution in [1.82, 2.24) is 29.6 Å². The highest BCUT2D eigenvalue weighted by Gasteiger charge is 2.25. The van der Waals surface area contributed by atoms with Crippen molar-refractivity contribution >= 4 is 11.7 Å². The van der Waals surface area contributed by atoms with Crippen molar-refractivity contribution in [3.8, 4) is 11.7 Å². The molecule has 4 heterocycles. The molecule has 1 fully saturated rings. The van der Waals surface area contributed by atoms with E-state index in [9.17, 15) is 4.79 Å². The zero-order valence-corrected chi connectivity index (χ0v) is 15.8. The summed E-state index contributed by atoms with van der Waals surface area (Å²) in [6, 6.07) is 7.32. The smallest absolute Gasteiger partial charge is 0.259 e. The van der Waals surface area contributed by atoms with Crippen molar-refractivity contribution in [2.45, 2.75) is 6.92 Å². The highest BCUT2D eigenvalue weighted by atomic mass is 16.5. The first-order chi connectivity index (χ1) is 13.7. The van der Waals surface area contributed by atoms with Crippen molar-refractivity contribution in [3.63, 3.8) is 0 Å². The third kappa shape index (κ3) is 3.51. The predicted octanol–water partition coefficient (Wildman–Crippen LogP) is 1.34. The van der Waals surface area contributed by atoms with Gasteiger partial charge in [0.15, 0.2) is 5.82 Å². The number of rotatable bonds is 4. The van der Waals surface area contributed by atoms with E-state index in [1.165, 1.54) is 7.11 Å². The molecule has 0 saturated carbocycles. The fourth-order valence-electron chi connectivity index (χ4n) is 3.20. The van der Waals surface area contributed by atoms with E-state index in [4.69, 9.17) is 4.74 Å². The summed E-state index contributed by atoms with van der Waals surface area (Å²) >= 11 is 0. The molecule has 0 aromatic carbocycles. The van der Waals surface area contributed by atoms with Crippen LogP contribution in [0.1, 0.15) is 16.1 Å². The van der Waals surface area contributed by atoms with Crippen LogP contribution in [0.4, 0.5) is 5.82 Å². The molecule has 3 aromatic heterocycles. The Morgan fingerprint density at radius 1 is 1.07 bits per heavy atom. The number of aryl methyl sites for hydroxylation is 1. The van der Waals surface area contributed by atoms with Crippen LogP contribution in [0.5, 0.6) is 5.88 Å². The molecule has 0 aliphatic carbocycles. The van der Waals surface area contributed by atoms with Crippen molar-refractivity contribution < 1.29 is 9.53 Å². The molecule has 1 saturated heterocycles. The molecule has 0 unspecified atom stereocenters. The van der Waals surface area contributed by atoms with Gasteiger partial charge >= 0.3 is 0 Å². The Morgan fingerprint density at radius 2 is 1.86 bits per heavy atom. The number of carbonyl (C=O) groups is 1. The van der Waals surface area contributed by atoms with Gasteiger partial charge in [0.1, 0.15) is 17.7 Å². The fourth-order valence-corrected chi connectivity index (χ4v) is 3.20. The Hall–Kier alpha value is -3.49. The second-order valence-corrected chi connectivity index (χ2v) is 6.48. The van der Waals surface area contributed by atoms with E-state index >= 15 is 0 Å². The number of amides is 1. The monoisotopic (exact) mass is 379 g/mol. The van der Waals surface area contributed by atoms with Gasteiger partial charge in [0.2, 0.25) is 5.88 Å². The normalized spacial score (nSPS) is 14.2. The van der Waals surface area contributed by atoms with E-state index in [-0.39, 0.29) is 5.91 Å². The van der Waals surface area contributed by atoms with Crippen LogP contribution in [0.25, 0.3) is 5.82 Å². The molecular weight excluding hydrogens is 358 g/mol. The standard InChI is InChI=1S/C19H21N7O2/c1-14-5-7-26(23-14)17-12-16(21-13-22-17)24-8-10-25(11-9-24)19(27)15-4-3-6-20-18(15)28-2/h3-7,12-13H,8-11H2,1-2H3. The van der Waals surface area contributed by atoms with E-state index in [2.05, 4.69) is 25.0 Å². The van der Waals surface area contributed by atoms with Crippen molar-refractivity contribution in [2.24, 2.45) is 0 Å². The van der Waals surface area contributed by atoms with E-state index in [0.717, 1.165) is 17.3 Å². The average molecular weight is 379 g/mol. The Balaban J connectivity index is 1.45. The maximum atomic E-state index is 12.8. The van der Waals surface area contributed by atoms with Gasteiger partial charge in [-0.1, -0.05) is 0 Å². The van der Waals surface area contributed by atoms with Crippen molar-refractivity contribution in [1.29, 1.82) is 0 Å². The van der Waals surface area contributed by atoms with Gasteiger partial charge in [-0.2, -0.15) is 5.10 Å². The minimum atomic E-state index is -0.0695. The largest absolute Gasteiger partial charge is 0.480 e. The molecule has 0 N–H and O–H groups in total. The Morgan fingerprint density at radius 3 is 2.57 bits per heavy atom. The summed E-state index contributed by atoms with van der Waals surface area (Å²) in [5, 5.41) is 4.39. The molecule has 3 aromatic rings. The van der Waals surface area contributed by atoms with Gasteiger partial charge in [-0.25, -0.2) is 19.6 Å². The van der Waals surface area contributed by atoms with E-state index in [1.54, 1.807) is 29.3 Å². The van der Waals surface area contributed by atoms with Gasteiger partial charge in [-0.3, -0.25) is 4.79 Å². The van der Waals surface area contributed by atoms with Crippen LogP contribution in [-0.4, -0.2) is 68.8 Å². The number of carbonyl (C=O) groups excluding carboxylic acids is 1. The van der Waals surface area contributed by atoms with Crippen LogP contribution < -0.4 is 9.64 Å². The highest BCUT2D eigenvalue weighted by molar-refractivity contribution is 5.96. The molecule has 0 spiro atoms. The molecule has 28 heavy (non-hydrogen) atoms. The SMILES string of the molecule is COc1ncccc1C(=O)N1CCN(c2cc(-n3ccc(C)n3)ncn2)CC1. The third-order valence-corrected chi connectivity index (χ3v) is 4.68. The lowest BCUT2D eigenvalue weighted by atomic mass is 10.2. The predicted molar refractivity (Wildman–Crippen MR) is 103 cm³/mol. The number of ether oxygens (including phenoxy) is 1. The molecule has 144 valence electrons. The van der Waals surface area contributed by atoms with Crippen molar-refractivity contribution in [3.05, 3.63) is 54.2 Å². The zero-order valence-electron chi connectivity index (χ0n) is 15.8. The minimum absolute atomic E-state index is 0.0695. The fraction of sp³-hybridized carbons (Fsp3) is 0.316. The third-order valence-electron chi connectivity index (χ3n) is 4.68.